The predicted molar refractivity (Wildman–Crippen MR) is 107 cm³/mol. The van der Waals surface area contributed by atoms with Crippen LogP contribution in [0.25, 0.3) is 10.9 Å². The molecule has 1 N–H and O–H groups in total. The number of benzene rings is 2. The van der Waals surface area contributed by atoms with E-state index in [9.17, 15) is 18.4 Å². The Morgan fingerprint density at radius 3 is 2.48 bits per heavy atom. The molecule has 1 aliphatic heterocycles. The van der Waals surface area contributed by atoms with Crippen molar-refractivity contribution in [1.82, 2.24) is 14.8 Å². The molecule has 2 aromatic carbocycles. The van der Waals surface area contributed by atoms with Gasteiger partial charge in [-0.25, -0.2) is 8.78 Å². The molecule has 150 valence electrons. The van der Waals surface area contributed by atoms with Gasteiger partial charge in [-0.3, -0.25) is 14.5 Å². The maximum atomic E-state index is 13.4. The molecular formula is C22H21F2N3O2. The van der Waals surface area contributed by atoms with Gasteiger partial charge in [0.15, 0.2) is 11.6 Å². The number of nitrogens with zero attached hydrogens (tertiary/aromatic N) is 2. The maximum absolute atomic E-state index is 13.4. The number of pyridine rings is 1. The Morgan fingerprint density at radius 1 is 1.00 bits per heavy atom. The summed E-state index contributed by atoms with van der Waals surface area (Å²) in [6.45, 7) is 4.62. The van der Waals surface area contributed by atoms with Gasteiger partial charge in [0.25, 0.3) is 11.5 Å². The molecule has 0 bridgehead atoms. The second kappa shape index (κ2) is 7.75. The Labute approximate surface area is 166 Å². The Kier molecular flexibility index (Phi) is 5.15. The van der Waals surface area contributed by atoms with E-state index >= 15 is 0 Å². The van der Waals surface area contributed by atoms with E-state index in [1.807, 2.05) is 31.2 Å². The third kappa shape index (κ3) is 4.05. The lowest BCUT2D eigenvalue weighted by molar-refractivity contribution is 0.0627. The number of piperazine rings is 1. The van der Waals surface area contributed by atoms with Crippen molar-refractivity contribution in [3.63, 3.8) is 0 Å². The van der Waals surface area contributed by atoms with Gasteiger partial charge < -0.3 is 9.88 Å². The zero-order valence-corrected chi connectivity index (χ0v) is 16.0. The summed E-state index contributed by atoms with van der Waals surface area (Å²) in [4.78, 5) is 31.6. The summed E-state index contributed by atoms with van der Waals surface area (Å²) in [6.07, 6.45) is 0. The van der Waals surface area contributed by atoms with E-state index in [2.05, 4.69) is 9.88 Å². The monoisotopic (exact) mass is 397 g/mol. The van der Waals surface area contributed by atoms with Gasteiger partial charge in [0, 0.05) is 49.4 Å². The molecule has 7 heteroatoms. The van der Waals surface area contributed by atoms with E-state index in [4.69, 9.17) is 0 Å². The molecule has 0 atom stereocenters. The van der Waals surface area contributed by atoms with Gasteiger partial charge in [-0.15, -0.1) is 0 Å². The first kappa shape index (κ1) is 19.3. The highest BCUT2D eigenvalue weighted by atomic mass is 19.2. The number of halogens is 2. The van der Waals surface area contributed by atoms with Gasteiger partial charge >= 0.3 is 0 Å². The Balaban J connectivity index is 1.43. The van der Waals surface area contributed by atoms with E-state index in [0.717, 1.165) is 28.6 Å². The van der Waals surface area contributed by atoms with Crippen molar-refractivity contribution in [3.05, 3.63) is 81.1 Å². The zero-order chi connectivity index (χ0) is 20.5. The second-order valence-corrected chi connectivity index (χ2v) is 7.41. The number of aromatic amines is 1. The maximum Gasteiger partial charge on any atom is 0.254 e. The molecule has 0 aliphatic carbocycles. The van der Waals surface area contributed by atoms with Crippen LogP contribution in [0.4, 0.5) is 8.78 Å². The third-order valence-corrected chi connectivity index (χ3v) is 5.30. The molecule has 1 saturated heterocycles. The van der Waals surface area contributed by atoms with Crippen LogP contribution in [0.1, 0.15) is 21.5 Å². The molecule has 1 aromatic heterocycles. The first-order chi connectivity index (χ1) is 13.9. The van der Waals surface area contributed by atoms with Gasteiger partial charge in [-0.05, 0) is 48.7 Å². The summed E-state index contributed by atoms with van der Waals surface area (Å²) in [5, 5.41) is 0.992. The Morgan fingerprint density at radius 2 is 1.76 bits per heavy atom. The molecule has 0 unspecified atom stereocenters. The fourth-order valence-electron chi connectivity index (χ4n) is 3.65. The molecule has 5 nitrogen and oxygen atoms in total. The minimum atomic E-state index is -1.03. The molecule has 2 heterocycles. The lowest BCUT2D eigenvalue weighted by Gasteiger charge is -2.34. The molecule has 0 spiro atoms. The second-order valence-electron chi connectivity index (χ2n) is 7.41. The van der Waals surface area contributed by atoms with Crippen LogP contribution >= 0.6 is 0 Å². The number of nitrogens with one attached hydrogen (secondary N) is 1. The summed E-state index contributed by atoms with van der Waals surface area (Å²) in [6, 6.07) is 11.0. The van der Waals surface area contributed by atoms with Crippen molar-refractivity contribution in [2.75, 3.05) is 26.2 Å². The number of rotatable bonds is 3. The van der Waals surface area contributed by atoms with Gasteiger partial charge in [0.05, 0.1) is 0 Å². The quantitative estimate of drug-likeness (QED) is 0.739. The van der Waals surface area contributed by atoms with Crippen molar-refractivity contribution in [2.45, 2.75) is 13.5 Å². The van der Waals surface area contributed by atoms with E-state index < -0.39 is 11.6 Å². The summed E-state index contributed by atoms with van der Waals surface area (Å²) in [5.74, 6) is -2.31. The van der Waals surface area contributed by atoms with Crippen LogP contribution < -0.4 is 5.56 Å². The Bertz CT molecular complexity index is 1130. The van der Waals surface area contributed by atoms with Crippen LogP contribution in [0.15, 0.2) is 47.3 Å². The van der Waals surface area contributed by atoms with Crippen molar-refractivity contribution in [3.8, 4) is 0 Å². The fourth-order valence-corrected chi connectivity index (χ4v) is 3.65. The number of carbonyl (C=O) groups excluding carboxylic acids is 1. The molecule has 29 heavy (non-hydrogen) atoms. The average molecular weight is 397 g/mol. The van der Waals surface area contributed by atoms with Gasteiger partial charge in [0.1, 0.15) is 0 Å². The van der Waals surface area contributed by atoms with Crippen LogP contribution in [0, 0.1) is 18.6 Å². The fraction of sp³-hybridized carbons (Fsp3) is 0.273. The number of aryl methyl sites for hydroxylation is 1. The van der Waals surface area contributed by atoms with E-state index in [-0.39, 0.29) is 17.0 Å². The number of carbonyl (C=O) groups is 1. The molecular weight excluding hydrogens is 376 g/mol. The lowest BCUT2D eigenvalue weighted by Crippen LogP contribution is -2.48. The third-order valence-electron chi connectivity index (χ3n) is 5.30. The number of fused-ring (bicyclic) bond motifs is 1. The zero-order valence-electron chi connectivity index (χ0n) is 16.0. The van der Waals surface area contributed by atoms with Gasteiger partial charge in [0.2, 0.25) is 0 Å². The minimum absolute atomic E-state index is 0.110. The van der Waals surface area contributed by atoms with E-state index in [0.29, 0.717) is 38.3 Å². The number of aromatic nitrogens is 1. The first-order valence-electron chi connectivity index (χ1n) is 9.50. The molecule has 1 fully saturated rings. The topological polar surface area (TPSA) is 56.4 Å². The smallest absolute Gasteiger partial charge is 0.254 e. The van der Waals surface area contributed by atoms with E-state index in [1.165, 1.54) is 6.07 Å². The SMILES string of the molecule is Cc1ccc2[nH]c(=O)c(CN3CCN(C(=O)c4ccc(F)c(F)c4)CC3)cc2c1. The molecule has 0 saturated carbocycles. The predicted octanol–water partition coefficient (Wildman–Crippen LogP) is 3.07. The van der Waals surface area contributed by atoms with Crippen LogP contribution in [0.3, 0.4) is 0 Å². The highest BCUT2D eigenvalue weighted by molar-refractivity contribution is 5.94. The van der Waals surface area contributed by atoms with Crippen LogP contribution in [-0.4, -0.2) is 46.9 Å². The van der Waals surface area contributed by atoms with Crippen molar-refractivity contribution in [2.24, 2.45) is 0 Å². The number of hydrogen-bond donors (Lipinski definition) is 1. The van der Waals surface area contributed by atoms with Crippen LogP contribution in [0.5, 0.6) is 0 Å². The van der Waals surface area contributed by atoms with Crippen LogP contribution in [-0.2, 0) is 6.54 Å². The largest absolute Gasteiger partial charge is 0.336 e. The number of amides is 1. The summed E-state index contributed by atoms with van der Waals surface area (Å²) in [5.41, 5.74) is 2.65. The van der Waals surface area contributed by atoms with Gasteiger partial charge in [-0.1, -0.05) is 11.6 Å². The van der Waals surface area contributed by atoms with Crippen molar-refractivity contribution >= 4 is 16.8 Å². The Hall–Kier alpha value is -3.06. The summed E-state index contributed by atoms with van der Waals surface area (Å²) in [7, 11) is 0. The van der Waals surface area contributed by atoms with E-state index in [1.54, 1.807) is 4.90 Å². The molecule has 3 aromatic rings. The van der Waals surface area contributed by atoms with Crippen molar-refractivity contribution in [1.29, 1.82) is 0 Å². The number of H-pyrrole nitrogens is 1. The summed E-state index contributed by atoms with van der Waals surface area (Å²) >= 11 is 0. The standard InChI is InChI=1S/C22H21F2N3O2/c1-14-2-5-20-16(10-14)11-17(21(28)25-20)13-26-6-8-27(9-7-26)22(29)15-3-4-18(23)19(24)12-15/h2-5,10-12H,6-9,13H2,1H3,(H,25,28). The first-order valence-corrected chi connectivity index (χ1v) is 9.50. The molecule has 0 radical (unpaired) electrons. The van der Waals surface area contributed by atoms with Crippen molar-refractivity contribution < 1.29 is 13.6 Å². The number of hydrogen-bond acceptors (Lipinski definition) is 3. The normalized spacial score (nSPS) is 15.1. The van der Waals surface area contributed by atoms with Crippen LogP contribution in [0.2, 0.25) is 0 Å². The minimum Gasteiger partial charge on any atom is -0.336 e. The summed E-state index contributed by atoms with van der Waals surface area (Å²) < 4.78 is 26.5. The molecule has 1 aliphatic rings. The lowest BCUT2D eigenvalue weighted by atomic mass is 10.1. The molecule has 1 amide bonds. The highest BCUT2D eigenvalue weighted by Gasteiger charge is 2.23. The average Bonchev–Trinajstić information content (AvgIpc) is 2.71. The van der Waals surface area contributed by atoms with Gasteiger partial charge in [-0.2, -0.15) is 0 Å². The highest BCUT2D eigenvalue weighted by Crippen LogP contribution is 2.16. The molecule has 4 rings (SSSR count).